The Balaban J connectivity index is 2.10. The van der Waals surface area contributed by atoms with Crippen molar-refractivity contribution in [2.75, 3.05) is 13.6 Å². The van der Waals surface area contributed by atoms with Gasteiger partial charge in [0.2, 0.25) is 0 Å². The fraction of sp³-hybridized carbons (Fsp3) is 0.533. The van der Waals surface area contributed by atoms with E-state index in [2.05, 4.69) is 28.4 Å². The van der Waals surface area contributed by atoms with Crippen LogP contribution in [0.5, 0.6) is 0 Å². The van der Waals surface area contributed by atoms with Gasteiger partial charge in [-0.05, 0) is 32.9 Å². The molecule has 0 N–H and O–H groups in total. The van der Waals surface area contributed by atoms with Crippen LogP contribution in [0.15, 0.2) is 12.1 Å². The van der Waals surface area contributed by atoms with Crippen molar-refractivity contribution in [3.8, 4) is 0 Å². The molecule has 3 rings (SSSR count). The van der Waals surface area contributed by atoms with Gasteiger partial charge < -0.3 is 9.47 Å². The van der Waals surface area contributed by atoms with Crippen LogP contribution in [0.4, 0.5) is 4.39 Å². The normalized spacial score (nSPS) is 23.9. The molecular formula is C15H18Cl2FN3. The predicted octanol–water partition coefficient (Wildman–Crippen LogP) is 4.22. The fourth-order valence-corrected chi connectivity index (χ4v) is 3.49. The Morgan fingerprint density at radius 1 is 1.43 bits per heavy atom. The lowest BCUT2D eigenvalue weighted by Crippen LogP contribution is -2.38. The summed E-state index contributed by atoms with van der Waals surface area (Å²) in [6.07, 6.45) is 2.06. The van der Waals surface area contributed by atoms with Crippen LogP contribution in [-0.2, 0) is 5.88 Å². The number of aromatic nitrogens is 2. The Morgan fingerprint density at radius 3 is 2.86 bits per heavy atom. The van der Waals surface area contributed by atoms with Crippen LogP contribution in [0, 0.1) is 5.82 Å². The van der Waals surface area contributed by atoms with E-state index in [0.717, 1.165) is 30.7 Å². The first-order chi connectivity index (χ1) is 10.0. The molecule has 21 heavy (non-hydrogen) atoms. The van der Waals surface area contributed by atoms with E-state index in [4.69, 9.17) is 23.2 Å². The summed E-state index contributed by atoms with van der Waals surface area (Å²) < 4.78 is 15.8. The molecule has 1 aromatic heterocycles. The molecule has 114 valence electrons. The number of nitrogens with zero attached hydrogens (tertiary/aromatic N) is 3. The molecule has 0 saturated carbocycles. The third-order valence-corrected chi connectivity index (χ3v) is 5.00. The highest BCUT2D eigenvalue weighted by atomic mass is 35.5. The molecule has 0 bridgehead atoms. The van der Waals surface area contributed by atoms with Gasteiger partial charge in [0.05, 0.1) is 21.9 Å². The third-order valence-electron chi connectivity index (χ3n) is 4.47. The summed E-state index contributed by atoms with van der Waals surface area (Å²) in [5.74, 6) is 0.663. The number of hydrogen-bond donors (Lipinski definition) is 0. The molecule has 1 saturated heterocycles. The van der Waals surface area contributed by atoms with Gasteiger partial charge in [-0.3, -0.25) is 0 Å². The molecule has 6 heteroatoms. The van der Waals surface area contributed by atoms with Crippen molar-refractivity contribution < 1.29 is 4.39 Å². The van der Waals surface area contributed by atoms with E-state index in [1.807, 2.05) is 0 Å². The summed E-state index contributed by atoms with van der Waals surface area (Å²) in [5, 5.41) is 0.130. The Morgan fingerprint density at radius 2 is 2.19 bits per heavy atom. The number of alkyl halides is 1. The van der Waals surface area contributed by atoms with E-state index in [1.165, 1.54) is 6.07 Å². The minimum atomic E-state index is -0.438. The van der Waals surface area contributed by atoms with Gasteiger partial charge in [0.1, 0.15) is 11.6 Å². The molecule has 3 nitrogen and oxygen atoms in total. The van der Waals surface area contributed by atoms with Crippen LogP contribution in [0.25, 0.3) is 11.0 Å². The number of fused-ring (bicyclic) bond motifs is 1. The van der Waals surface area contributed by atoms with Gasteiger partial charge in [-0.25, -0.2) is 9.37 Å². The number of rotatable bonds is 2. The highest BCUT2D eigenvalue weighted by Crippen LogP contribution is 2.33. The summed E-state index contributed by atoms with van der Waals surface area (Å²) in [6, 6.07) is 3.89. The van der Waals surface area contributed by atoms with Crippen molar-refractivity contribution >= 4 is 34.2 Å². The summed E-state index contributed by atoms with van der Waals surface area (Å²) in [7, 11) is 2.14. The average molecular weight is 330 g/mol. The highest BCUT2D eigenvalue weighted by Gasteiger charge is 2.27. The Labute approximate surface area is 133 Å². The average Bonchev–Trinajstić information content (AvgIpc) is 2.80. The second-order valence-corrected chi connectivity index (χ2v) is 6.47. The summed E-state index contributed by atoms with van der Waals surface area (Å²) in [6.45, 7) is 3.25. The van der Waals surface area contributed by atoms with Crippen molar-refractivity contribution in [3.63, 3.8) is 0 Å². The molecule has 2 unspecified atom stereocenters. The summed E-state index contributed by atoms with van der Waals surface area (Å²) in [4.78, 5) is 6.82. The molecule has 2 aromatic rings. The van der Waals surface area contributed by atoms with E-state index in [1.54, 1.807) is 6.07 Å². The van der Waals surface area contributed by atoms with Crippen LogP contribution in [0.2, 0.25) is 5.02 Å². The number of likely N-dealkylation sites (tertiary alicyclic amines) is 1. The fourth-order valence-electron chi connectivity index (χ4n) is 3.14. The van der Waals surface area contributed by atoms with Gasteiger partial charge in [-0.15, -0.1) is 11.6 Å². The summed E-state index contributed by atoms with van der Waals surface area (Å²) >= 11 is 12.0. The Bertz CT molecular complexity index is 670. The Kier molecular flexibility index (Phi) is 4.12. The molecule has 2 atom stereocenters. The van der Waals surface area contributed by atoms with Crippen LogP contribution >= 0.6 is 23.2 Å². The number of hydrogen-bond acceptors (Lipinski definition) is 2. The maximum atomic E-state index is 13.6. The van der Waals surface area contributed by atoms with Gasteiger partial charge in [0.15, 0.2) is 0 Å². The molecule has 0 radical (unpaired) electrons. The van der Waals surface area contributed by atoms with Crippen molar-refractivity contribution in [2.45, 2.75) is 37.7 Å². The number of piperidine rings is 1. The van der Waals surface area contributed by atoms with Crippen LogP contribution in [0.3, 0.4) is 0 Å². The second kappa shape index (κ2) is 5.75. The standard InChI is InChI=1S/C15H18Cl2FN3/c1-9-5-10(3-4-20(9)2)21-14-6-11(17)12(18)7-13(14)19-15(21)8-16/h6-7,9-10H,3-5,8H2,1-2H3. The first-order valence-electron chi connectivity index (χ1n) is 7.13. The van der Waals surface area contributed by atoms with Gasteiger partial charge in [-0.1, -0.05) is 11.6 Å². The topological polar surface area (TPSA) is 21.1 Å². The second-order valence-electron chi connectivity index (χ2n) is 5.79. The number of imidazole rings is 1. The lowest BCUT2D eigenvalue weighted by atomic mass is 9.98. The molecular weight excluding hydrogens is 312 g/mol. The first-order valence-corrected chi connectivity index (χ1v) is 8.04. The molecule has 2 heterocycles. The maximum Gasteiger partial charge on any atom is 0.144 e. The van der Waals surface area contributed by atoms with Crippen LogP contribution in [0.1, 0.15) is 31.6 Å². The molecule has 1 aliphatic rings. The van der Waals surface area contributed by atoms with Gasteiger partial charge >= 0.3 is 0 Å². The number of halogens is 3. The zero-order valence-corrected chi connectivity index (χ0v) is 13.6. The molecule has 0 aliphatic carbocycles. The predicted molar refractivity (Wildman–Crippen MR) is 84.6 cm³/mol. The van der Waals surface area contributed by atoms with Gasteiger partial charge in [0, 0.05) is 24.7 Å². The largest absolute Gasteiger partial charge is 0.324 e. The third kappa shape index (κ3) is 2.65. The van der Waals surface area contributed by atoms with Gasteiger partial charge in [-0.2, -0.15) is 0 Å². The van der Waals surface area contributed by atoms with Crippen LogP contribution in [-0.4, -0.2) is 34.1 Å². The van der Waals surface area contributed by atoms with E-state index >= 15 is 0 Å². The minimum Gasteiger partial charge on any atom is -0.324 e. The van der Waals surface area contributed by atoms with Crippen molar-refractivity contribution in [3.05, 3.63) is 28.8 Å². The zero-order chi connectivity index (χ0) is 15.1. The minimum absolute atomic E-state index is 0.130. The van der Waals surface area contributed by atoms with Gasteiger partial charge in [0.25, 0.3) is 0 Å². The smallest absolute Gasteiger partial charge is 0.144 e. The lowest BCUT2D eigenvalue weighted by Gasteiger charge is -2.36. The monoisotopic (exact) mass is 329 g/mol. The van der Waals surface area contributed by atoms with E-state index in [9.17, 15) is 4.39 Å². The molecule has 1 aliphatic heterocycles. The molecule has 0 amide bonds. The molecule has 1 fully saturated rings. The maximum absolute atomic E-state index is 13.6. The first kappa shape index (κ1) is 15.1. The van der Waals surface area contributed by atoms with Crippen molar-refractivity contribution in [1.82, 2.24) is 14.5 Å². The zero-order valence-electron chi connectivity index (χ0n) is 12.1. The van der Waals surface area contributed by atoms with E-state index in [-0.39, 0.29) is 5.02 Å². The summed E-state index contributed by atoms with van der Waals surface area (Å²) in [5.41, 5.74) is 1.50. The SMILES string of the molecule is CC1CC(n2c(CCl)nc3cc(F)c(Cl)cc32)CCN1C. The van der Waals surface area contributed by atoms with Crippen molar-refractivity contribution in [2.24, 2.45) is 0 Å². The lowest BCUT2D eigenvalue weighted by molar-refractivity contribution is 0.157. The Hall–Kier alpha value is -0.840. The van der Waals surface area contributed by atoms with Crippen molar-refractivity contribution in [1.29, 1.82) is 0 Å². The molecule has 1 aromatic carbocycles. The number of benzene rings is 1. The van der Waals surface area contributed by atoms with Crippen LogP contribution < -0.4 is 0 Å². The highest BCUT2D eigenvalue weighted by molar-refractivity contribution is 6.31. The molecule has 0 spiro atoms. The van der Waals surface area contributed by atoms with E-state index < -0.39 is 5.82 Å². The van der Waals surface area contributed by atoms with E-state index in [0.29, 0.717) is 23.5 Å². The quantitative estimate of drug-likeness (QED) is 0.769.